The third-order valence-electron chi connectivity index (χ3n) is 3.89. The summed E-state index contributed by atoms with van der Waals surface area (Å²) in [5, 5.41) is 8.53. The van der Waals surface area contributed by atoms with Crippen LogP contribution in [0.4, 0.5) is 14.9 Å². The summed E-state index contributed by atoms with van der Waals surface area (Å²) >= 11 is 3.13. The van der Waals surface area contributed by atoms with Crippen LogP contribution in [-0.4, -0.2) is 23.0 Å². The van der Waals surface area contributed by atoms with Gasteiger partial charge in [-0.05, 0) is 64.3 Å². The number of aliphatic imine (C=N–C) groups is 1. The minimum Gasteiger partial charge on any atom is -0.449 e. The SMILES string of the molecule is N[C@@]1(C=Nc2ccc(OC(=O)O)cc2)C[C@H]1c1ccc(Br)c(F)c1. The van der Waals surface area contributed by atoms with Gasteiger partial charge < -0.3 is 15.6 Å². The van der Waals surface area contributed by atoms with E-state index in [9.17, 15) is 9.18 Å². The van der Waals surface area contributed by atoms with E-state index in [0.29, 0.717) is 16.6 Å². The molecule has 0 bridgehead atoms. The second-order valence-corrected chi connectivity index (χ2v) is 6.52. The molecule has 0 aromatic heterocycles. The number of ether oxygens (including phenoxy) is 1. The van der Waals surface area contributed by atoms with Crippen LogP contribution in [0.2, 0.25) is 0 Å². The number of hydrogen-bond donors (Lipinski definition) is 2. The van der Waals surface area contributed by atoms with Crippen LogP contribution < -0.4 is 10.5 Å². The molecule has 0 radical (unpaired) electrons. The summed E-state index contributed by atoms with van der Waals surface area (Å²) in [6.45, 7) is 0. The average molecular weight is 393 g/mol. The van der Waals surface area contributed by atoms with Crippen LogP contribution in [-0.2, 0) is 0 Å². The van der Waals surface area contributed by atoms with Crippen LogP contribution in [0.15, 0.2) is 51.9 Å². The summed E-state index contributed by atoms with van der Waals surface area (Å²) < 4.78 is 18.6. The highest BCUT2D eigenvalue weighted by atomic mass is 79.9. The number of carboxylic acid groups (broad SMARTS) is 1. The number of hydrogen-bond acceptors (Lipinski definition) is 4. The fourth-order valence-electron chi connectivity index (χ4n) is 2.49. The van der Waals surface area contributed by atoms with Gasteiger partial charge in [-0.3, -0.25) is 4.99 Å². The molecule has 124 valence electrons. The second-order valence-electron chi connectivity index (χ2n) is 5.66. The summed E-state index contributed by atoms with van der Waals surface area (Å²) in [7, 11) is 0. The fourth-order valence-corrected chi connectivity index (χ4v) is 2.74. The molecule has 2 atom stereocenters. The van der Waals surface area contributed by atoms with Crippen LogP contribution in [0.25, 0.3) is 0 Å². The Morgan fingerprint density at radius 2 is 2.08 bits per heavy atom. The molecule has 0 heterocycles. The fraction of sp³-hybridized carbons (Fsp3) is 0.176. The Labute approximate surface area is 146 Å². The molecule has 0 aliphatic heterocycles. The number of nitrogens with zero attached hydrogens (tertiary/aromatic N) is 1. The van der Waals surface area contributed by atoms with Gasteiger partial charge in [0.15, 0.2) is 0 Å². The molecule has 3 N–H and O–H groups in total. The van der Waals surface area contributed by atoms with Crippen molar-refractivity contribution in [1.82, 2.24) is 0 Å². The Morgan fingerprint density at radius 3 is 2.71 bits per heavy atom. The lowest BCUT2D eigenvalue weighted by atomic mass is 10.1. The monoisotopic (exact) mass is 392 g/mol. The van der Waals surface area contributed by atoms with Gasteiger partial charge in [-0.2, -0.15) is 0 Å². The van der Waals surface area contributed by atoms with Gasteiger partial charge in [0.2, 0.25) is 0 Å². The van der Waals surface area contributed by atoms with Crippen molar-refractivity contribution in [1.29, 1.82) is 0 Å². The minimum absolute atomic E-state index is 0.0264. The van der Waals surface area contributed by atoms with Gasteiger partial charge in [0.1, 0.15) is 11.6 Å². The van der Waals surface area contributed by atoms with Gasteiger partial charge in [-0.1, -0.05) is 6.07 Å². The largest absolute Gasteiger partial charge is 0.511 e. The maximum Gasteiger partial charge on any atom is 0.511 e. The Hall–Kier alpha value is -2.25. The van der Waals surface area contributed by atoms with E-state index in [-0.39, 0.29) is 17.5 Å². The van der Waals surface area contributed by atoms with Crippen LogP contribution in [0, 0.1) is 5.82 Å². The molecule has 3 rings (SSSR count). The number of rotatable bonds is 4. The summed E-state index contributed by atoms with van der Waals surface area (Å²) in [5.74, 6) is -0.0651. The van der Waals surface area contributed by atoms with Gasteiger partial charge in [0.05, 0.1) is 15.7 Å². The molecule has 24 heavy (non-hydrogen) atoms. The smallest absolute Gasteiger partial charge is 0.449 e. The number of halogens is 2. The van der Waals surface area contributed by atoms with E-state index < -0.39 is 11.7 Å². The lowest BCUT2D eigenvalue weighted by Gasteiger charge is -2.06. The summed E-state index contributed by atoms with van der Waals surface area (Å²) in [6, 6.07) is 11.3. The van der Waals surface area contributed by atoms with E-state index in [2.05, 4.69) is 25.7 Å². The molecule has 0 spiro atoms. The van der Waals surface area contributed by atoms with Crippen LogP contribution in [0.5, 0.6) is 5.75 Å². The molecule has 1 fully saturated rings. The first-order chi connectivity index (χ1) is 11.4. The predicted octanol–water partition coefficient (Wildman–Crippen LogP) is 4.23. The van der Waals surface area contributed by atoms with Crippen molar-refractivity contribution in [3.63, 3.8) is 0 Å². The van der Waals surface area contributed by atoms with Crippen molar-refractivity contribution in [2.45, 2.75) is 17.9 Å². The van der Waals surface area contributed by atoms with Gasteiger partial charge in [-0.15, -0.1) is 0 Å². The maximum absolute atomic E-state index is 13.6. The standard InChI is InChI=1S/C17H14BrFN2O3/c18-14-6-1-10(7-15(14)19)13-8-17(13,20)9-21-11-2-4-12(5-3-11)24-16(22)23/h1-7,9,13H,8,20H2,(H,22,23)/t13-,17+/m0/s1. The molecule has 1 aliphatic carbocycles. The molecule has 2 aromatic carbocycles. The summed E-state index contributed by atoms with van der Waals surface area (Å²) in [4.78, 5) is 14.8. The van der Waals surface area contributed by atoms with Gasteiger partial charge in [-0.25, -0.2) is 9.18 Å². The third kappa shape index (κ3) is 3.63. The topological polar surface area (TPSA) is 84.9 Å². The van der Waals surface area contributed by atoms with Crippen molar-refractivity contribution in [3.8, 4) is 5.75 Å². The highest BCUT2D eigenvalue weighted by Crippen LogP contribution is 2.49. The highest BCUT2D eigenvalue weighted by Gasteiger charge is 2.50. The number of nitrogens with two attached hydrogens (primary N) is 1. The van der Waals surface area contributed by atoms with E-state index in [4.69, 9.17) is 10.8 Å². The molecule has 0 amide bonds. The molecule has 7 heteroatoms. The first kappa shape index (κ1) is 16.6. The van der Waals surface area contributed by atoms with E-state index in [1.54, 1.807) is 24.4 Å². The third-order valence-corrected chi connectivity index (χ3v) is 4.53. The van der Waals surface area contributed by atoms with E-state index in [0.717, 1.165) is 5.56 Å². The minimum atomic E-state index is -1.37. The van der Waals surface area contributed by atoms with Crippen molar-refractivity contribution in [2.75, 3.05) is 0 Å². The Morgan fingerprint density at radius 1 is 1.38 bits per heavy atom. The van der Waals surface area contributed by atoms with Crippen molar-refractivity contribution < 1.29 is 19.0 Å². The summed E-state index contributed by atoms with van der Waals surface area (Å²) in [6.07, 6.45) is 0.984. The van der Waals surface area contributed by atoms with Crippen molar-refractivity contribution in [3.05, 3.63) is 58.3 Å². The quantitative estimate of drug-likeness (QED) is 0.463. The van der Waals surface area contributed by atoms with Crippen LogP contribution >= 0.6 is 15.9 Å². The zero-order chi connectivity index (χ0) is 17.3. The van der Waals surface area contributed by atoms with Crippen molar-refractivity contribution in [2.24, 2.45) is 10.7 Å². The predicted molar refractivity (Wildman–Crippen MR) is 91.6 cm³/mol. The second kappa shape index (κ2) is 6.33. The van der Waals surface area contributed by atoms with Crippen molar-refractivity contribution >= 4 is 34.0 Å². The zero-order valence-corrected chi connectivity index (χ0v) is 14.0. The number of benzene rings is 2. The Bertz CT molecular complexity index is 810. The highest BCUT2D eigenvalue weighted by molar-refractivity contribution is 9.10. The van der Waals surface area contributed by atoms with Gasteiger partial charge >= 0.3 is 6.16 Å². The van der Waals surface area contributed by atoms with Gasteiger partial charge in [0.25, 0.3) is 0 Å². The average Bonchev–Trinajstić information content (AvgIpc) is 3.21. The molecule has 1 aliphatic rings. The maximum atomic E-state index is 13.6. The first-order valence-electron chi connectivity index (χ1n) is 7.17. The molecular weight excluding hydrogens is 379 g/mol. The first-order valence-corrected chi connectivity index (χ1v) is 7.96. The molecule has 1 saturated carbocycles. The Balaban J connectivity index is 1.68. The molecule has 0 unspecified atom stereocenters. The molecule has 2 aromatic rings. The van der Waals surface area contributed by atoms with Crippen LogP contribution in [0.3, 0.4) is 0 Å². The lowest BCUT2D eigenvalue weighted by Crippen LogP contribution is -2.26. The van der Waals surface area contributed by atoms with Gasteiger partial charge in [0, 0.05) is 12.1 Å². The normalized spacial score (nSPS) is 22.5. The zero-order valence-electron chi connectivity index (χ0n) is 12.4. The van der Waals surface area contributed by atoms with E-state index in [1.807, 2.05) is 6.07 Å². The Kier molecular flexibility index (Phi) is 4.38. The van der Waals surface area contributed by atoms with E-state index >= 15 is 0 Å². The van der Waals surface area contributed by atoms with Crippen LogP contribution in [0.1, 0.15) is 17.9 Å². The molecule has 0 saturated heterocycles. The summed E-state index contributed by atoms with van der Waals surface area (Å²) in [5.41, 5.74) is 7.14. The lowest BCUT2D eigenvalue weighted by molar-refractivity contribution is 0.144. The molecular formula is C17H14BrFN2O3. The number of carbonyl (C=O) groups is 1. The van der Waals surface area contributed by atoms with E-state index in [1.165, 1.54) is 18.2 Å². The molecule has 5 nitrogen and oxygen atoms in total.